The standard InChI is InChI=1S/C15H24FNO2/c1-15(2,3)17-8-10-19-9-7-12-5-6-14(18-4)13(16)11-12/h5-6,11,17H,7-10H2,1-4H3. The maximum atomic E-state index is 13.4. The quantitative estimate of drug-likeness (QED) is 0.772. The van der Waals surface area contributed by atoms with Crippen LogP contribution >= 0.6 is 0 Å². The topological polar surface area (TPSA) is 30.5 Å². The molecule has 0 saturated carbocycles. The van der Waals surface area contributed by atoms with Crippen molar-refractivity contribution in [3.8, 4) is 5.75 Å². The molecule has 19 heavy (non-hydrogen) atoms. The van der Waals surface area contributed by atoms with Crippen molar-refractivity contribution in [3.05, 3.63) is 29.6 Å². The second-order valence-corrected chi connectivity index (χ2v) is 5.51. The zero-order valence-corrected chi connectivity index (χ0v) is 12.3. The summed E-state index contributed by atoms with van der Waals surface area (Å²) in [7, 11) is 1.46. The third-order valence-electron chi connectivity index (χ3n) is 2.65. The molecule has 0 amide bonds. The van der Waals surface area contributed by atoms with Gasteiger partial charge in [0.25, 0.3) is 0 Å². The van der Waals surface area contributed by atoms with E-state index in [4.69, 9.17) is 9.47 Å². The molecule has 0 aliphatic carbocycles. The lowest BCUT2D eigenvalue weighted by molar-refractivity contribution is 0.133. The third-order valence-corrected chi connectivity index (χ3v) is 2.65. The van der Waals surface area contributed by atoms with Gasteiger partial charge in [-0.2, -0.15) is 0 Å². The van der Waals surface area contributed by atoms with Gasteiger partial charge < -0.3 is 14.8 Å². The molecule has 1 rings (SSSR count). The second kappa shape index (κ2) is 7.46. The molecule has 108 valence electrons. The predicted octanol–water partition coefficient (Wildman–Crippen LogP) is 2.78. The average molecular weight is 269 g/mol. The van der Waals surface area contributed by atoms with Crippen molar-refractivity contribution < 1.29 is 13.9 Å². The van der Waals surface area contributed by atoms with Crippen LogP contribution in [0.15, 0.2) is 18.2 Å². The first-order chi connectivity index (χ1) is 8.92. The van der Waals surface area contributed by atoms with E-state index in [2.05, 4.69) is 26.1 Å². The molecule has 0 aliphatic heterocycles. The van der Waals surface area contributed by atoms with Crippen LogP contribution in [0.1, 0.15) is 26.3 Å². The largest absolute Gasteiger partial charge is 0.494 e. The van der Waals surface area contributed by atoms with E-state index in [1.54, 1.807) is 6.07 Å². The maximum absolute atomic E-state index is 13.4. The minimum atomic E-state index is -0.325. The number of ether oxygens (including phenoxy) is 2. The van der Waals surface area contributed by atoms with E-state index in [1.807, 2.05) is 6.07 Å². The number of nitrogens with one attached hydrogen (secondary N) is 1. The molecule has 0 aliphatic rings. The lowest BCUT2D eigenvalue weighted by Gasteiger charge is -2.20. The smallest absolute Gasteiger partial charge is 0.165 e. The maximum Gasteiger partial charge on any atom is 0.165 e. The Balaban J connectivity index is 2.21. The van der Waals surface area contributed by atoms with Crippen LogP contribution in [0.5, 0.6) is 5.75 Å². The predicted molar refractivity (Wildman–Crippen MR) is 75.2 cm³/mol. The average Bonchev–Trinajstić information content (AvgIpc) is 2.32. The van der Waals surface area contributed by atoms with Crippen molar-refractivity contribution in [1.29, 1.82) is 0 Å². The number of halogens is 1. The Hall–Kier alpha value is -1.13. The van der Waals surface area contributed by atoms with Gasteiger partial charge in [0, 0.05) is 12.1 Å². The van der Waals surface area contributed by atoms with Gasteiger partial charge >= 0.3 is 0 Å². The Morgan fingerprint density at radius 3 is 2.53 bits per heavy atom. The van der Waals surface area contributed by atoms with Gasteiger partial charge in [0.15, 0.2) is 11.6 Å². The zero-order valence-electron chi connectivity index (χ0n) is 12.3. The van der Waals surface area contributed by atoms with Gasteiger partial charge in [0.2, 0.25) is 0 Å². The molecule has 4 heteroatoms. The molecule has 0 bridgehead atoms. The fourth-order valence-corrected chi connectivity index (χ4v) is 1.66. The summed E-state index contributed by atoms with van der Waals surface area (Å²) in [5.74, 6) is -0.0477. The van der Waals surface area contributed by atoms with Crippen molar-refractivity contribution in [2.75, 3.05) is 26.9 Å². The van der Waals surface area contributed by atoms with Crippen LogP contribution < -0.4 is 10.1 Å². The van der Waals surface area contributed by atoms with E-state index in [0.717, 1.165) is 12.1 Å². The van der Waals surface area contributed by atoms with E-state index in [9.17, 15) is 4.39 Å². The lowest BCUT2D eigenvalue weighted by atomic mass is 10.1. The second-order valence-electron chi connectivity index (χ2n) is 5.51. The molecular weight excluding hydrogens is 245 g/mol. The van der Waals surface area contributed by atoms with Crippen LogP contribution in [0.3, 0.4) is 0 Å². The van der Waals surface area contributed by atoms with E-state index in [0.29, 0.717) is 19.6 Å². The normalized spacial score (nSPS) is 11.6. The molecule has 0 radical (unpaired) electrons. The summed E-state index contributed by atoms with van der Waals surface area (Å²) < 4.78 is 23.8. The summed E-state index contributed by atoms with van der Waals surface area (Å²) in [4.78, 5) is 0. The SMILES string of the molecule is COc1ccc(CCOCCNC(C)(C)C)cc1F. The number of hydrogen-bond acceptors (Lipinski definition) is 3. The van der Waals surface area contributed by atoms with Crippen molar-refractivity contribution in [3.63, 3.8) is 0 Å². The van der Waals surface area contributed by atoms with Crippen LogP contribution in [0, 0.1) is 5.82 Å². The Morgan fingerprint density at radius 2 is 1.95 bits per heavy atom. The van der Waals surface area contributed by atoms with Gasteiger partial charge in [-0.1, -0.05) is 6.07 Å². The first kappa shape index (κ1) is 15.9. The molecule has 3 nitrogen and oxygen atoms in total. The Kier molecular flexibility index (Phi) is 6.25. The van der Waals surface area contributed by atoms with Gasteiger partial charge in [-0.3, -0.25) is 0 Å². The first-order valence-electron chi connectivity index (χ1n) is 6.57. The van der Waals surface area contributed by atoms with Crippen LogP contribution in [0.4, 0.5) is 4.39 Å². The molecule has 0 heterocycles. The summed E-state index contributed by atoms with van der Waals surface area (Å²) >= 11 is 0. The molecule has 0 saturated heterocycles. The van der Waals surface area contributed by atoms with Crippen molar-refractivity contribution in [1.82, 2.24) is 5.32 Å². The van der Waals surface area contributed by atoms with Gasteiger partial charge in [-0.25, -0.2) is 4.39 Å². The highest BCUT2D eigenvalue weighted by Crippen LogP contribution is 2.17. The Morgan fingerprint density at radius 1 is 1.21 bits per heavy atom. The van der Waals surface area contributed by atoms with Gasteiger partial charge in [-0.15, -0.1) is 0 Å². The molecule has 1 aromatic rings. The molecule has 0 unspecified atom stereocenters. The number of methoxy groups -OCH3 is 1. The summed E-state index contributed by atoms with van der Waals surface area (Å²) in [5.41, 5.74) is 1.03. The molecule has 1 aromatic carbocycles. The minimum absolute atomic E-state index is 0.114. The monoisotopic (exact) mass is 269 g/mol. The van der Waals surface area contributed by atoms with E-state index >= 15 is 0 Å². The summed E-state index contributed by atoms with van der Waals surface area (Å²) in [5, 5.41) is 3.34. The summed E-state index contributed by atoms with van der Waals surface area (Å²) in [6.07, 6.45) is 0.705. The fraction of sp³-hybridized carbons (Fsp3) is 0.600. The van der Waals surface area contributed by atoms with Crippen molar-refractivity contribution in [2.24, 2.45) is 0 Å². The van der Waals surface area contributed by atoms with Crippen molar-refractivity contribution >= 4 is 0 Å². The molecule has 0 aromatic heterocycles. The highest BCUT2D eigenvalue weighted by Gasteiger charge is 2.07. The van der Waals surface area contributed by atoms with Crippen LogP contribution in [-0.4, -0.2) is 32.4 Å². The highest BCUT2D eigenvalue weighted by atomic mass is 19.1. The van der Waals surface area contributed by atoms with Crippen molar-refractivity contribution in [2.45, 2.75) is 32.7 Å². The molecule has 1 N–H and O–H groups in total. The Bertz CT molecular complexity index is 388. The first-order valence-corrected chi connectivity index (χ1v) is 6.57. The molecule has 0 spiro atoms. The molecule has 0 fully saturated rings. The third kappa shape index (κ3) is 6.55. The summed E-state index contributed by atoms with van der Waals surface area (Å²) in [6, 6.07) is 5.00. The fourth-order valence-electron chi connectivity index (χ4n) is 1.66. The lowest BCUT2D eigenvalue weighted by Crippen LogP contribution is -2.38. The number of benzene rings is 1. The zero-order chi connectivity index (χ0) is 14.3. The van der Waals surface area contributed by atoms with Gasteiger partial charge in [0.1, 0.15) is 0 Å². The van der Waals surface area contributed by atoms with Crippen LogP contribution in [0.2, 0.25) is 0 Å². The van der Waals surface area contributed by atoms with Gasteiger partial charge in [-0.05, 0) is 44.9 Å². The Labute approximate surface area is 115 Å². The van der Waals surface area contributed by atoms with Gasteiger partial charge in [0.05, 0.1) is 20.3 Å². The van der Waals surface area contributed by atoms with E-state index in [-0.39, 0.29) is 17.1 Å². The highest BCUT2D eigenvalue weighted by molar-refractivity contribution is 5.29. The van der Waals surface area contributed by atoms with Crippen LogP contribution in [0.25, 0.3) is 0 Å². The molecule has 0 atom stereocenters. The number of hydrogen-bond donors (Lipinski definition) is 1. The summed E-state index contributed by atoms with van der Waals surface area (Å²) in [6.45, 7) is 8.43. The molecular formula is C15H24FNO2. The number of rotatable bonds is 7. The minimum Gasteiger partial charge on any atom is -0.494 e. The van der Waals surface area contributed by atoms with E-state index < -0.39 is 0 Å². The van der Waals surface area contributed by atoms with Crippen LogP contribution in [-0.2, 0) is 11.2 Å². The van der Waals surface area contributed by atoms with E-state index in [1.165, 1.54) is 13.2 Å².